The first-order valence-electron chi connectivity index (χ1n) is 6.15. The van der Waals surface area contributed by atoms with Crippen molar-refractivity contribution in [3.8, 4) is 10.8 Å². The lowest BCUT2D eigenvalue weighted by molar-refractivity contribution is 0.1000. The molecule has 0 atom stereocenters. The van der Waals surface area contributed by atoms with Crippen LogP contribution in [0.2, 0.25) is 0 Å². The molecule has 0 spiro atoms. The molecule has 0 aliphatic heterocycles. The van der Waals surface area contributed by atoms with Gasteiger partial charge in [-0.05, 0) is 42.1 Å². The number of thiophene rings is 1. The van der Waals surface area contributed by atoms with Gasteiger partial charge in [0.1, 0.15) is 10.8 Å². The van der Waals surface area contributed by atoms with Gasteiger partial charge in [0, 0.05) is 11.6 Å². The second kappa shape index (κ2) is 4.68. The minimum atomic E-state index is -0.394. The molecule has 1 aromatic carbocycles. The van der Waals surface area contributed by atoms with Crippen molar-refractivity contribution in [1.29, 1.82) is 0 Å². The van der Waals surface area contributed by atoms with Crippen LogP contribution < -0.4 is 10.5 Å². The molecule has 20 heavy (non-hydrogen) atoms. The fraction of sp³-hybridized carbons (Fsp3) is 0.133. The number of primary amides is 1. The van der Waals surface area contributed by atoms with Gasteiger partial charge in [0.05, 0.1) is 18.2 Å². The predicted octanol–water partition coefficient (Wildman–Crippen LogP) is 3.11. The fourth-order valence-corrected chi connectivity index (χ4v) is 3.39. The normalized spacial score (nSPS) is 10.9. The van der Waals surface area contributed by atoms with Crippen LogP contribution in [0.1, 0.15) is 15.9 Å². The smallest absolute Gasteiger partial charge is 0.251 e. The van der Waals surface area contributed by atoms with Crippen LogP contribution in [0.4, 0.5) is 0 Å². The van der Waals surface area contributed by atoms with Gasteiger partial charge in [0.2, 0.25) is 0 Å². The Morgan fingerprint density at radius 2 is 2.15 bits per heavy atom. The molecule has 0 radical (unpaired) electrons. The van der Waals surface area contributed by atoms with Gasteiger partial charge in [-0.1, -0.05) is 0 Å². The number of aromatic nitrogens is 1. The molecule has 0 unspecified atom stereocenters. The van der Waals surface area contributed by atoms with Gasteiger partial charge in [-0.15, -0.1) is 11.3 Å². The molecule has 0 aliphatic rings. The molecule has 4 nitrogen and oxygen atoms in total. The summed E-state index contributed by atoms with van der Waals surface area (Å²) in [7, 11) is 1.64. The molecule has 3 rings (SSSR count). The maximum absolute atomic E-state index is 11.6. The van der Waals surface area contributed by atoms with Crippen molar-refractivity contribution in [2.75, 3.05) is 7.11 Å². The Balaban J connectivity index is 2.23. The van der Waals surface area contributed by atoms with Crippen molar-refractivity contribution in [2.45, 2.75) is 6.92 Å². The number of ether oxygens (including phenoxy) is 1. The van der Waals surface area contributed by atoms with E-state index < -0.39 is 5.91 Å². The third-order valence-electron chi connectivity index (χ3n) is 3.32. The maximum Gasteiger partial charge on any atom is 0.251 e. The molecule has 0 saturated heterocycles. The van der Waals surface area contributed by atoms with Crippen LogP contribution >= 0.6 is 11.3 Å². The number of hydrogen-bond acceptors (Lipinski definition) is 3. The third kappa shape index (κ3) is 1.87. The highest BCUT2D eigenvalue weighted by Crippen LogP contribution is 2.31. The summed E-state index contributed by atoms with van der Waals surface area (Å²) in [6.45, 7) is 1.90. The minimum Gasteiger partial charge on any atom is -0.497 e. The Bertz CT molecular complexity index is 801. The van der Waals surface area contributed by atoms with E-state index in [9.17, 15) is 4.79 Å². The fourth-order valence-electron chi connectivity index (χ4n) is 2.33. The van der Waals surface area contributed by atoms with E-state index in [-0.39, 0.29) is 0 Å². The largest absolute Gasteiger partial charge is 0.497 e. The SMILES string of the molecule is COc1ccc2c(ccn2-c2scc(C)c2C(N)=O)c1. The van der Waals surface area contributed by atoms with Crippen LogP contribution in [0.5, 0.6) is 5.75 Å². The quantitative estimate of drug-likeness (QED) is 0.804. The lowest BCUT2D eigenvalue weighted by atomic mass is 10.2. The van der Waals surface area contributed by atoms with E-state index in [1.807, 2.05) is 47.3 Å². The van der Waals surface area contributed by atoms with Crippen LogP contribution in [-0.4, -0.2) is 17.6 Å². The van der Waals surface area contributed by atoms with Crippen LogP contribution in [0, 0.1) is 6.92 Å². The van der Waals surface area contributed by atoms with Crippen molar-refractivity contribution in [1.82, 2.24) is 4.57 Å². The Labute approximate surface area is 120 Å². The second-order valence-corrected chi connectivity index (χ2v) is 5.43. The summed E-state index contributed by atoms with van der Waals surface area (Å²) in [5.74, 6) is 0.418. The molecular formula is C15H14N2O2S. The average molecular weight is 286 g/mol. The molecular weight excluding hydrogens is 272 g/mol. The van der Waals surface area contributed by atoms with Crippen molar-refractivity contribution >= 4 is 28.1 Å². The predicted molar refractivity (Wildman–Crippen MR) is 81.0 cm³/mol. The van der Waals surface area contributed by atoms with E-state index in [4.69, 9.17) is 10.5 Å². The first kappa shape index (κ1) is 12.7. The zero-order valence-corrected chi connectivity index (χ0v) is 12.0. The summed E-state index contributed by atoms with van der Waals surface area (Å²) in [6.07, 6.45) is 1.95. The van der Waals surface area contributed by atoms with Crippen LogP contribution in [-0.2, 0) is 0 Å². The highest BCUT2D eigenvalue weighted by Gasteiger charge is 2.16. The summed E-state index contributed by atoms with van der Waals surface area (Å²) in [5.41, 5.74) is 8.01. The van der Waals surface area contributed by atoms with Crippen LogP contribution in [0.3, 0.4) is 0 Å². The van der Waals surface area contributed by atoms with Gasteiger partial charge in [-0.25, -0.2) is 0 Å². The zero-order valence-electron chi connectivity index (χ0n) is 11.2. The van der Waals surface area contributed by atoms with Gasteiger partial charge in [0.15, 0.2) is 0 Å². The van der Waals surface area contributed by atoms with E-state index in [1.54, 1.807) is 7.11 Å². The molecule has 0 bridgehead atoms. The summed E-state index contributed by atoms with van der Waals surface area (Å²) in [5, 5.41) is 3.87. The number of carbonyl (C=O) groups excluding carboxylic acids is 1. The monoisotopic (exact) mass is 286 g/mol. The van der Waals surface area contributed by atoms with Gasteiger partial charge < -0.3 is 15.0 Å². The van der Waals surface area contributed by atoms with Crippen molar-refractivity contribution in [2.24, 2.45) is 5.73 Å². The second-order valence-electron chi connectivity index (χ2n) is 4.57. The van der Waals surface area contributed by atoms with Gasteiger partial charge in [-0.2, -0.15) is 0 Å². The van der Waals surface area contributed by atoms with E-state index in [0.29, 0.717) is 5.56 Å². The number of amides is 1. The number of hydrogen-bond donors (Lipinski definition) is 1. The molecule has 5 heteroatoms. The molecule has 3 aromatic rings. The number of methoxy groups -OCH3 is 1. The van der Waals surface area contributed by atoms with E-state index in [1.165, 1.54) is 11.3 Å². The number of nitrogens with zero attached hydrogens (tertiary/aromatic N) is 1. The lowest BCUT2D eigenvalue weighted by Crippen LogP contribution is -2.13. The Hall–Kier alpha value is -2.27. The number of aryl methyl sites for hydroxylation is 1. The maximum atomic E-state index is 11.6. The molecule has 1 amide bonds. The molecule has 0 aliphatic carbocycles. The summed E-state index contributed by atoms with van der Waals surface area (Å²) in [6, 6.07) is 7.85. The van der Waals surface area contributed by atoms with E-state index in [2.05, 4.69) is 0 Å². The topological polar surface area (TPSA) is 57.2 Å². The molecule has 0 fully saturated rings. The third-order valence-corrected chi connectivity index (χ3v) is 4.41. The molecule has 2 N–H and O–H groups in total. The summed E-state index contributed by atoms with van der Waals surface area (Å²) >= 11 is 1.52. The Morgan fingerprint density at radius 3 is 2.85 bits per heavy atom. The number of nitrogens with two attached hydrogens (primary N) is 1. The average Bonchev–Trinajstić information content (AvgIpc) is 3.00. The number of benzene rings is 1. The summed E-state index contributed by atoms with van der Waals surface area (Å²) in [4.78, 5) is 11.6. The van der Waals surface area contributed by atoms with Crippen LogP contribution in [0.25, 0.3) is 15.9 Å². The molecule has 2 heterocycles. The van der Waals surface area contributed by atoms with Crippen molar-refractivity contribution in [3.05, 3.63) is 47.0 Å². The number of carbonyl (C=O) groups is 1. The first-order valence-corrected chi connectivity index (χ1v) is 7.03. The van der Waals surface area contributed by atoms with E-state index in [0.717, 1.165) is 27.2 Å². The van der Waals surface area contributed by atoms with Gasteiger partial charge in [0.25, 0.3) is 5.91 Å². The van der Waals surface area contributed by atoms with Gasteiger partial charge in [-0.3, -0.25) is 4.79 Å². The van der Waals surface area contributed by atoms with Crippen LogP contribution in [0.15, 0.2) is 35.8 Å². The highest BCUT2D eigenvalue weighted by molar-refractivity contribution is 7.13. The zero-order chi connectivity index (χ0) is 14.3. The number of fused-ring (bicyclic) bond motifs is 1. The highest BCUT2D eigenvalue weighted by atomic mass is 32.1. The molecule has 102 valence electrons. The standard InChI is InChI=1S/C15H14N2O2S/c1-9-8-20-15(13(9)14(16)18)17-6-5-10-7-11(19-2)3-4-12(10)17/h3-8H,1-2H3,(H2,16,18). The Kier molecular flexibility index (Phi) is 2.99. The van der Waals surface area contributed by atoms with Gasteiger partial charge >= 0.3 is 0 Å². The van der Waals surface area contributed by atoms with E-state index >= 15 is 0 Å². The van der Waals surface area contributed by atoms with Crippen molar-refractivity contribution < 1.29 is 9.53 Å². The number of rotatable bonds is 3. The summed E-state index contributed by atoms with van der Waals surface area (Å²) < 4.78 is 7.22. The Morgan fingerprint density at radius 1 is 1.35 bits per heavy atom. The first-order chi connectivity index (χ1) is 9.61. The lowest BCUT2D eigenvalue weighted by Gasteiger charge is -2.06. The molecule has 2 aromatic heterocycles. The van der Waals surface area contributed by atoms with Crippen molar-refractivity contribution in [3.63, 3.8) is 0 Å². The minimum absolute atomic E-state index is 0.394. The molecule has 0 saturated carbocycles.